The number of hydrogen-bond donors (Lipinski definition) is 0. The highest BCUT2D eigenvalue weighted by atomic mass is 19.1. The lowest BCUT2D eigenvalue weighted by molar-refractivity contribution is -0.0200. The normalized spacial score (nSPS) is 25.0. The van der Waals surface area contributed by atoms with Gasteiger partial charge >= 0.3 is 0 Å². The van der Waals surface area contributed by atoms with Crippen molar-refractivity contribution < 1.29 is 13.9 Å². The van der Waals surface area contributed by atoms with Crippen molar-refractivity contribution in [2.45, 2.75) is 51.7 Å². The molecule has 2 nitrogen and oxygen atoms in total. The predicted molar refractivity (Wildman–Crippen MR) is 72.7 cm³/mol. The monoisotopic (exact) mass is 264 g/mol. The van der Waals surface area contributed by atoms with E-state index < -0.39 is 6.10 Å². The molecule has 3 unspecified atom stereocenters. The second-order valence-corrected chi connectivity index (χ2v) is 5.54. The first-order chi connectivity index (χ1) is 9.06. The van der Waals surface area contributed by atoms with Gasteiger partial charge in [-0.2, -0.15) is 0 Å². The van der Waals surface area contributed by atoms with Crippen LogP contribution < -0.4 is 0 Å². The minimum atomic E-state index is -0.458. The minimum Gasteiger partial charge on any atom is -0.367 e. The molecule has 1 aromatic rings. The van der Waals surface area contributed by atoms with Gasteiger partial charge in [0.05, 0.1) is 6.10 Å². The van der Waals surface area contributed by atoms with Crippen LogP contribution in [0.1, 0.15) is 49.9 Å². The second-order valence-electron chi connectivity index (χ2n) is 5.54. The number of benzene rings is 1. The van der Waals surface area contributed by atoms with E-state index in [0.717, 1.165) is 12.8 Å². The molecule has 1 aliphatic rings. The first kappa shape index (κ1) is 14.2. The Morgan fingerprint density at radius 3 is 2.63 bits per heavy atom. The molecule has 0 bridgehead atoms. The maximum atomic E-state index is 12.8. The van der Waals surface area contributed by atoms with Gasteiger partial charge in [-0.15, -0.1) is 0 Å². The summed E-state index contributed by atoms with van der Waals surface area (Å²) >= 11 is 0. The van der Waals surface area contributed by atoms with Crippen molar-refractivity contribution in [2.24, 2.45) is 5.92 Å². The van der Waals surface area contributed by atoms with Crippen molar-refractivity contribution in [1.29, 1.82) is 0 Å². The third kappa shape index (κ3) is 3.87. The van der Waals surface area contributed by atoms with Gasteiger partial charge in [0.25, 0.3) is 0 Å². The van der Waals surface area contributed by atoms with Crippen LogP contribution in [0, 0.1) is 11.7 Å². The summed E-state index contributed by atoms with van der Waals surface area (Å²) in [6, 6.07) is 5.65. The lowest BCUT2D eigenvalue weighted by Gasteiger charge is -2.28. The maximum Gasteiger partial charge on any atom is 0.191 e. The first-order valence-corrected chi connectivity index (χ1v) is 7.01. The number of rotatable bonds is 4. The van der Waals surface area contributed by atoms with Gasteiger partial charge in [0.1, 0.15) is 11.9 Å². The fraction of sp³-hybridized carbons (Fsp3) is 0.562. The number of Topliss-reactive ketones (excluding diaryl/α,β-unsaturated/α-hetero) is 1. The first-order valence-electron chi connectivity index (χ1n) is 7.01. The number of ketones is 1. The molecule has 0 aliphatic heterocycles. The van der Waals surface area contributed by atoms with Crippen LogP contribution in [0.2, 0.25) is 0 Å². The lowest BCUT2D eigenvalue weighted by Crippen LogP contribution is -2.30. The van der Waals surface area contributed by atoms with E-state index in [0.29, 0.717) is 11.5 Å². The number of halogens is 1. The van der Waals surface area contributed by atoms with Crippen LogP contribution in [0.3, 0.4) is 0 Å². The highest BCUT2D eigenvalue weighted by molar-refractivity contribution is 5.99. The molecule has 0 aromatic heterocycles. The van der Waals surface area contributed by atoms with Crippen LogP contribution in [0.25, 0.3) is 0 Å². The Bertz CT molecular complexity index is 427. The van der Waals surface area contributed by atoms with Crippen LogP contribution in [-0.4, -0.2) is 18.0 Å². The highest BCUT2D eigenvalue weighted by Gasteiger charge is 2.24. The zero-order valence-electron chi connectivity index (χ0n) is 11.6. The summed E-state index contributed by atoms with van der Waals surface area (Å²) in [5, 5.41) is 0. The Morgan fingerprint density at radius 2 is 2.00 bits per heavy atom. The van der Waals surface area contributed by atoms with E-state index in [9.17, 15) is 9.18 Å². The van der Waals surface area contributed by atoms with Crippen molar-refractivity contribution in [3.63, 3.8) is 0 Å². The molecule has 1 fully saturated rings. The van der Waals surface area contributed by atoms with Gasteiger partial charge in [0, 0.05) is 5.56 Å². The molecule has 2 rings (SSSR count). The van der Waals surface area contributed by atoms with E-state index in [-0.39, 0.29) is 17.7 Å². The molecule has 19 heavy (non-hydrogen) atoms. The zero-order valence-corrected chi connectivity index (χ0v) is 11.6. The molecule has 0 saturated heterocycles. The second kappa shape index (κ2) is 6.29. The van der Waals surface area contributed by atoms with E-state index >= 15 is 0 Å². The van der Waals surface area contributed by atoms with Crippen molar-refractivity contribution in [3.8, 4) is 0 Å². The SMILES string of the molecule is CC1CCCC(OC(C)C(=O)c2ccc(F)cc2)C1. The molecule has 0 radical (unpaired) electrons. The molecule has 0 spiro atoms. The molecule has 1 aromatic carbocycles. The number of hydrogen-bond acceptors (Lipinski definition) is 2. The topological polar surface area (TPSA) is 26.3 Å². The molecule has 1 saturated carbocycles. The molecule has 1 aliphatic carbocycles. The van der Waals surface area contributed by atoms with Gasteiger partial charge in [-0.1, -0.05) is 19.8 Å². The Balaban J connectivity index is 1.93. The average molecular weight is 264 g/mol. The van der Waals surface area contributed by atoms with Gasteiger partial charge < -0.3 is 4.74 Å². The van der Waals surface area contributed by atoms with Crippen molar-refractivity contribution in [1.82, 2.24) is 0 Å². The van der Waals surface area contributed by atoms with Gasteiger partial charge in [-0.25, -0.2) is 4.39 Å². The van der Waals surface area contributed by atoms with Gasteiger partial charge in [-0.3, -0.25) is 4.79 Å². The highest BCUT2D eigenvalue weighted by Crippen LogP contribution is 2.27. The summed E-state index contributed by atoms with van der Waals surface area (Å²) in [7, 11) is 0. The van der Waals surface area contributed by atoms with Crippen LogP contribution in [0.5, 0.6) is 0 Å². The quantitative estimate of drug-likeness (QED) is 0.768. The molecular formula is C16H21FO2. The molecule has 0 heterocycles. The van der Waals surface area contributed by atoms with E-state index in [1.165, 1.54) is 37.1 Å². The standard InChI is InChI=1S/C16H21FO2/c1-11-4-3-5-15(10-11)19-12(2)16(18)13-6-8-14(17)9-7-13/h6-9,11-12,15H,3-5,10H2,1-2H3. The number of carbonyl (C=O) groups excluding carboxylic acids is 1. The average Bonchev–Trinajstić information content (AvgIpc) is 2.39. The summed E-state index contributed by atoms with van der Waals surface area (Å²) in [6.07, 6.45) is 4.21. The lowest BCUT2D eigenvalue weighted by atomic mass is 9.88. The summed E-state index contributed by atoms with van der Waals surface area (Å²) < 4.78 is 18.7. The largest absolute Gasteiger partial charge is 0.367 e. The molecule has 3 heteroatoms. The van der Waals surface area contributed by atoms with E-state index in [4.69, 9.17) is 4.74 Å². The van der Waals surface area contributed by atoms with Crippen LogP contribution in [-0.2, 0) is 4.74 Å². The summed E-state index contributed by atoms with van der Waals surface area (Å²) in [5.74, 6) is 0.274. The predicted octanol–water partition coefficient (Wildman–Crippen LogP) is 3.99. The number of carbonyl (C=O) groups is 1. The molecule has 0 N–H and O–H groups in total. The Kier molecular flexibility index (Phi) is 4.70. The van der Waals surface area contributed by atoms with Crippen molar-refractivity contribution in [2.75, 3.05) is 0 Å². The summed E-state index contributed by atoms with van der Waals surface area (Å²) in [6.45, 7) is 4.01. The third-order valence-electron chi connectivity index (χ3n) is 3.78. The Labute approximate surface area is 114 Å². The van der Waals surface area contributed by atoms with Crippen LogP contribution >= 0.6 is 0 Å². The third-order valence-corrected chi connectivity index (χ3v) is 3.78. The summed E-state index contributed by atoms with van der Waals surface area (Å²) in [4.78, 5) is 12.2. The van der Waals surface area contributed by atoms with Gasteiger partial charge in [0.2, 0.25) is 0 Å². The Morgan fingerprint density at radius 1 is 1.32 bits per heavy atom. The molecule has 104 valence electrons. The van der Waals surface area contributed by atoms with Gasteiger partial charge in [0.15, 0.2) is 5.78 Å². The van der Waals surface area contributed by atoms with E-state index in [1.54, 1.807) is 6.92 Å². The minimum absolute atomic E-state index is 0.0711. The Hall–Kier alpha value is -1.22. The maximum absolute atomic E-state index is 12.8. The zero-order chi connectivity index (χ0) is 13.8. The van der Waals surface area contributed by atoms with Crippen LogP contribution in [0.15, 0.2) is 24.3 Å². The molecule has 3 atom stereocenters. The molecular weight excluding hydrogens is 243 g/mol. The summed E-state index contributed by atoms with van der Waals surface area (Å²) in [5.41, 5.74) is 0.512. The molecule has 0 amide bonds. The smallest absolute Gasteiger partial charge is 0.191 e. The van der Waals surface area contributed by atoms with Crippen LogP contribution in [0.4, 0.5) is 4.39 Å². The fourth-order valence-corrected chi connectivity index (χ4v) is 2.70. The van der Waals surface area contributed by atoms with Crippen molar-refractivity contribution in [3.05, 3.63) is 35.6 Å². The van der Waals surface area contributed by atoms with Crippen molar-refractivity contribution >= 4 is 5.78 Å². The van der Waals surface area contributed by atoms with E-state index in [2.05, 4.69) is 6.92 Å². The number of ether oxygens (including phenoxy) is 1. The van der Waals surface area contributed by atoms with Gasteiger partial charge in [-0.05, 0) is 49.9 Å². The van der Waals surface area contributed by atoms with E-state index in [1.807, 2.05) is 0 Å². The fourth-order valence-electron chi connectivity index (χ4n) is 2.70.